The van der Waals surface area contributed by atoms with E-state index in [0.29, 0.717) is 5.69 Å². The molecule has 0 aromatic carbocycles. The summed E-state index contributed by atoms with van der Waals surface area (Å²) < 4.78 is 6.31. The van der Waals surface area contributed by atoms with Gasteiger partial charge in [0.25, 0.3) is 0 Å². The summed E-state index contributed by atoms with van der Waals surface area (Å²) in [6.45, 7) is 4.83. The Hall–Kier alpha value is -1.43. The van der Waals surface area contributed by atoms with Gasteiger partial charge in [-0.05, 0) is 17.5 Å². The van der Waals surface area contributed by atoms with Crippen molar-refractivity contribution in [2.24, 2.45) is 4.99 Å². The molecule has 14 heavy (non-hydrogen) atoms. The number of aliphatic imine (C=N–C) groups is 1. The zero-order valence-corrected chi connectivity index (χ0v) is 8.39. The maximum Gasteiger partial charge on any atom is 0.326 e. The summed E-state index contributed by atoms with van der Waals surface area (Å²) in [6, 6.07) is 0.0526. The van der Waals surface area contributed by atoms with Gasteiger partial charge >= 0.3 is 11.6 Å². The van der Waals surface area contributed by atoms with Crippen LogP contribution in [0.15, 0.2) is 9.52 Å². The molecule has 1 aromatic rings. The zero-order chi connectivity index (χ0) is 10.7. The first-order valence-electron chi connectivity index (χ1n) is 4.29. The van der Waals surface area contributed by atoms with Gasteiger partial charge in [-0.25, -0.2) is 4.99 Å². The van der Waals surface area contributed by atoms with Crippen LogP contribution in [-0.2, 0) is 6.61 Å². The predicted octanol–water partition coefficient (Wildman–Crippen LogP) is -0.554. The van der Waals surface area contributed by atoms with Crippen molar-refractivity contribution in [3.05, 3.63) is 5.69 Å². The molecule has 0 aliphatic rings. The van der Waals surface area contributed by atoms with E-state index in [0.717, 1.165) is 0 Å². The number of aromatic nitrogens is 2. The van der Waals surface area contributed by atoms with E-state index in [2.05, 4.69) is 10.3 Å². The van der Waals surface area contributed by atoms with Gasteiger partial charge in [0.2, 0.25) is 5.27 Å². The van der Waals surface area contributed by atoms with Crippen LogP contribution in [-0.4, -0.2) is 16.3 Å². The highest BCUT2D eigenvalue weighted by atomic mass is 16.5. The number of hydrogen-bond donors (Lipinski definition) is 1. The van der Waals surface area contributed by atoms with Gasteiger partial charge in [-0.3, -0.25) is 4.52 Å². The predicted molar refractivity (Wildman–Crippen MR) is 45.8 cm³/mol. The maximum absolute atomic E-state index is 10.7. The first kappa shape index (κ1) is 10.6. The Bertz CT molecular complexity index is 340. The van der Waals surface area contributed by atoms with E-state index in [1.165, 1.54) is 11.6 Å². The lowest BCUT2D eigenvalue weighted by Gasteiger charge is -1.98. The summed E-state index contributed by atoms with van der Waals surface area (Å²) in [5.74, 6) is -0.305. The molecular weight excluding hydrogens is 186 g/mol. The molecule has 0 aliphatic carbocycles. The number of hydrogen-bond acceptors (Lipinski definition) is 5. The van der Waals surface area contributed by atoms with Crippen LogP contribution in [0.5, 0.6) is 0 Å². The third-order valence-electron chi connectivity index (χ3n) is 1.64. The Balaban J connectivity index is 3.14. The molecule has 0 spiro atoms. The number of aliphatic hydroxyl groups excluding tert-OH is 1. The molecule has 6 heteroatoms. The van der Waals surface area contributed by atoms with E-state index in [1.807, 2.05) is 13.8 Å². The maximum atomic E-state index is 10.7. The lowest BCUT2D eigenvalue weighted by Crippen LogP contribution is -2.41. The van der Waals surface area contributed by atoms with E-state index >= 15 is 0 Å². The molecule has 0 saturated heterocycles. The van der Waals surface area contributed by atoms with Crippen molar-refractivity contribution in [3.8, 4) is 0 Å². The minimum Gasteiger partial charge on any atom is -0.862 e. The highest BCUT2D eigenvalue weighted by Crippen LogP contribution is 2.15. The fraction of sp³-hybridized carbons (Fsp3) is 0.625. The fourth-order valence-corrected chi connectivity index (χ4v) is 1.06. The van der Waals surface area contributed by atoms with Gasteiger partial charge in [0.05, 0.1) is 0 Å². The topological polar surface area (TPSA) is 85.6 Å². The summed E-state index contributed by atoms with van der Waals surface area (Å²) in [4.78, 5) is 3.58. The Kier molecular flexibility index (Phi) is 3.19. The van der Waals surface area contributed by atoms with Gasteiger partial charge in [0.15, 0.2) is 6.04 Å². The normalized spacial score (nSPS) is 12.5. The average molecular weight is 199 g/mol. The first-order chi connectivity index (χ1) is 6.56. The molecule has 6 nitrogen and oxygen atoms in total. The van der Waals surface area contributed by atoms with Crippen LogP contribution in [0.3, 0.4) is 0 Å². The SMILES string of the molecule is C/C([O-])=N/c1on[n+](C(C)C)c1CO. The van der Waals surface area contributed by atoms with E-state index in [4.69, 9.17) is 9.63 Å². The smallest absolute Gasteiger partial charge is 0.326 e. The molecule has 1 aromatic heterocycles. The fourth-order valence-electron chi connectivity index (χ4n) is 1.06. The second-order valence-corrected chi connectivity index (χ2v) is 3.15. The molecule has 0 bridgehead atoms. The van der Waals surface area contributed by atoms with Crippen molar-refractivity contribution < 1.29 is 19.4 Å². The van der Waals surface area contributed by atoms with E-state index in [9.17, 15) is 5.11 Å². The van der Waals surface area contributed by atoms with Crippen LogP contribution in [0.4, 0.5) is 5.88 Å². The van der Waals surface area contributed by atoms with Crippen molar-refractivity contribution in [3.63, 3.8) is 0 Å². The van der Waals surface area contributed by atoms with Gasteiger partial charge in [0.1, 0.15) is 6.61 Å². The third-order valence-corrected chi connectivity index (χ3v) is 1.64. The quantitative estimate of drug-likeness (QED) is 0.402. The van der Waals surface area contributed by atoms with Gasteiger partial charge in [-0.15, -0.1) is 0 Å². The van der Waals surface area contributed by atoms with Crippen LogP contribution in [0.2, 0.25) is 0 Å². The van der Waals surface area contributed by atoms with Crippen molar-refractivity contribution in [2.45, 2.75) is 33.4 Å². The largest absolute Gasteiger partial charge is 0.862 e. The zero-order valence-electron chi connectivity index (χ0n) is 8.39. The third kappa shape index (κ3) is 2.08. The van der Waals surface area contributed by atoms with Crippen molar-refractivity contribution in [2.75, 3.05) is 0 Å². The molecule has 1 N–H and O–H groups in total. The van der Waals surface area contributed by atoms with Crippen LogP contribution in [0.25, 0.3) is 0 Å². The van der Waals surface area contributed by atoms with Crippen LogP contribution in [0.1, 0.15) is 32.5 Å². The Labute approximate surface area is 81.5 Å². The molecule has 1 rings (SSSR count). The molecule has 0 unspecified atom stereocenters. The Morgan fingerprint density at radius 1 is 1.71 bits per heavy atom. The number of nitrogens with zero attached hydrogens (tertiary/aromatic N) is 3. The summed E-state index contributed by atoms with van der Waals surface area (Å²) in [5, 5.41) is 23.4. The molecule has 0 amide bonds. The summed E-state index contributed by atoms with van der Waals surface area (Å²) in [6.07, 6.45) is 0. The minimum absolute atomic E-state index is 0.0526. The van der Waals surface area contributed by atoms with Crippen LogP contribution in [0, 0.1) is 0 Å². The molecular formula is C8H13N3O3. The monoisotopic (exact) mass is 199 g/mol. The van der Waals surface area contributed by atoms with Crippen molar-refractivity contribution in [1.29, 1.82) is 0 Å². The standard InChI is InChI=1S/C8H13N3O3/c1-5(2)11-7(4-12)8(14-10-11)9-6(3)13/h5,12H,4H2,1-3H3. The Morgan fingerprint density at radius 3 is 2.79 bits per heavy atom. The molecule has 1 heterocycles. The first-order valence-corrected chi connectivity index (χ1v) is 4.29. The summed E-state index contributed by atoms with van der Waals surface area (Å²) in [7, 11) is 0. The molecule has 0 atom stereocenters. The van der Waals surface area contributed by atoms with Gasteiger partial charge in [-0.2, -0.15) is 0 Å². The second kappa shape index (κ2) is 4.19. The van der Waals surface area contributed by atoms with E-state index in [-0.39, 0.29) is 24.4 Å². The molecule has 0 fully saturated rings. The highest BCUT2D eigenvalue weighted by Gasteiger charge is 2.25. The Morgan fingerprint density at radius 2 is 2.36 bits per heavy atom. The van der Waals surface area contributed by atoms with E-state index in [1.54, 1.807) is 0 Å². The molecule has 0 aliphatic heterocycles. The van der Waals surface area contributed by atoms with Crippen molar-refractivity contribution in [1.82, 2.24) is 5.27 Å². The van der Waals surface area contributed by atoms with Crippen LogP contribution < -0.4 is 9.79 Å². The lowest BCUT2D eigenvalue weighted by molar-refractivity contribution is -0.786. The van der Waals surface area contributed by atoms with Crippen molar-refractivity contribution >= 4 is 11.8 Å². The number of rotatable bonds is 3. The van der Waals surface area contributed by atoms with Gasteiger partial charge in [-0.1, -0.05) is 0 Å². The second-order valence-electron chi connectivity index (χ2n) is 3.15. The van der Waals surface area contributed by atoms with Crippen LogP contribution >= 0.6 is 0 Å². The molecule has 78 valence electrons. The van der Waals surface area contributed by atoms with Gasteiger partial charge in [0, 0.05) is 13.8 Å². The number of aliphatic hydroxyl groups is 1. The summed E-state index contributed by atoms with van der Waals surface area (Å²) in [5.41, 5.74) is 0.412. The highest BCUT2D eigenvalue weighted by molar-refractivity contribution is 5.71. The summed E-state index contributed by atoms with van der Waals surface area (Å²) >= 11 is 0. The lowest BCUT2D eigenvalue weighted by atomic mass is 10.3. The average Bonchev–Trinajstić information content (AvgIpc) is 2.46. The van der Waals surface area contributed by atoms with Gasteiger partial charge < -0.3 is 10.2 Å². The molecule has 0 saturated carbocycles. The van der Waals surface area contributed by atoms with E-state index < -0.39 is 0 Å². The minimum atomic E-state index is -0.383. The molecule has 0 radical (unpaired) electrons.